The summed E-state index contributed by atoms with van der Waals surface area (Å²) < 4.78 is 4.91. The topological polar surface area (TPSA) is 104 Å². The van der Waals surface area contributed by atoms with Crippen LogP contribution in [-0.2, 0) is 17.7 Å². The quantitative estimate of drug-likeness (QED) is 0.787. The van der Waals surface area contributed by atoms with Gasteiger partial charge in [-0.2, -0.15) is 5.26 Å². The molecule has 3 rings (SSSR count). The number of hydrogen-bond donors (Lipinski definition) is 2. The van der Waals surface area contributed by atoms with Crippen LogP contribution in [0.1, 0.15) is 26.4 Å². The molecule has 1 aliphatic heterocycles. The first-order valence-electron chi connectivity index (χ1n) is 7.92. The molecule has 2 aromatic rings. The molecule has 0 saturated carbocycles. The monoisotopic (exact) mass is 357 g/mol. The lowest BCUT2D eigenvalue weighted by Crippen LogP contribution is -2.31. The lowest BCUT2D eigenvalue weighted by Gasteiger charge is -2.28. The molecule has 0 fully saturated rings. The van der Waals surface area contributed by atoms with E-state index < -0.39 is 0 Å². The highest BCUT2D eigenvalue weighted by Gasteiger charge is 2.24. The fraction of sp³-hybridized carbons (Fsp3) is 0.353. The van der Waals surface area contributed by atoms with Crippen LogP contribution in [0, 0.1) is 11.3 Å². The molecule has 0 bridgehead atoms. The van der Waals surface area contributed by atoms with Crippen molar-refractivity contribution >= 4 is 28.1 Å². The molecule has 7 nitrogen and oxygen atoms in total. The first-order valence-corrected chi connectivity index (χ1v) is 8.74. The fourth-order valence-electron chi connectivity index (χ4n) is 2.82. The Labute approximate surface area is 150 Å². The van der Waals surface area contributed by atoms with Gasteiger partial charge >= 0.3 is 0 Å². The molecule has 0 aromatic carbocycles. The molecule has 130 valence electrons. The van der Waals surface area contributed by atoms with Crippen molar-refractivity contribution in [1.29, 1.82) is 5.26 Å². The van der Waals surface area contributed by atoms with Crippen molar-refractivity contribution < 1.29 is 9.53 Å². The van der Waals surface area contributed by atoms with Crippen molar-refractivity contribution in [1.82, 2.24) is 10.3 Å². The molecule has 1 aliphatic rings. The predicted octanol–water partition coefficient (Wildman–Crippen LogP) is 1.54. The van der Waals surface area contributed by atoms with Gasteiger partial charge in [0.25, 0.3) is 5.91 Å². The summed E-state index contributed by atoms with van der Waals surface area (Å²) >= 11 is 1.47. The highest BCUT2D eigenvalue weighted by Crippen LogP contribution is 2.35. The SMILES string of the molecule is COCCNC(=O)c1ccc(N2CCc3c(sc(N)c3C#N)C2)nc1. The summed E-state index contributed by atoms with van der Waals surface area (Å²) in [6, 6.07) is 5.81. The van der Waals surface area contributed by atoms with E-state index in [-0.39, 0.29) is 5.91 Å². The summed E-state index contributed by atoms with van der Waals surface area (Å²) in [5, 5.41) is 12.6. The Morgan fingerprint density at radius 1 is 1.56 bits per heavy atom. The minimum atomic E-state index is -0.165. The van der Waals surface area contributed by atoms with Gasteiger partial charge in [0.15, 0.2) is 0 Å². The predicted molar refractivity (Wildman–Crippen MR) is 96.6 cm³/mol. The Bertz CT molecular complexity index is 810. The summed E-state index contributed by atoms with van der Waals surface area (Å²) in [6.45, 7) is 2.39. The number of nitrogens with zero attached hydrogens (tertiary/aromatic N) is 3. The van der Waals surface area contributed by atoms with Crippen LogP contribution in [0.4, 0.5) is 10.8 Å². The molecule has 3 N–H and O–H groups in total. The largest absolute Gasteiger partial charge is 0.389 e. The van der Waals surface area contributed by atoms with Gasteiger partial charge in [0.05, 0.1) is 24.3 Å². The first kappa shape index (κ1) is 17.2. The molecule has 0 unspecified atom stereocenters. The van der Waals surface area contributed by atoms with Gasteiger partial charge in [0, 0.05) is 31.3 Å². The van der Waals surface area contributed by atoms with Crippen LogP contribution in [-0.4, -0.2) is 37.7 Å². The van der Waals surface area contributed by atoms with E-state index in [4.69, 9.17) is 10.5 Å². The standard InChI is InChI=1S/C17H19N5O2S/c1-24-7-5-20-17(23)11-2-3-15(21-9-11)22-6-4-12-13(8-18)16(19)25-14(12)10-22/h2-3,9H,4-7,10,19H2,1H3,(H,20,23). The smallest absolute Gasteiger partial charge is 0.252 e. The highest BCUT2D eigenvalue weighted by atomic mass is 32.1. The Hall–Kier alpha value is -2.63. The third-order valence-electron chi connectivity index (χ3n) is 4.12. The molecule has 2 aromatic heterocycles. The number of carbonyl (C=O) groups is 1. The van der Waals surface area contributed by atoms with E-state index in [2.05, 4.69) is 21.3 Å². The van der Waals surface area contributed by atoms with Crippen molar-refractivity contribution in [3.63, 3.8) is 0 Å². The zero-order valence-electron chi connectivity index (χ0n) is 13.9. The van der Waals surface area contributed by atoms with Gasteiger partial charge in [-0.1, -0.05) is 0 Å². The van der Waals surface area contributed by atoms with E-state index in [1.165, 1.54) is 11.3 Å². The number of thiophene rings is 1. The van der Waals surface area contributed by atoms with E-state index in [1.807, 2.05) is 6.07 Å². The second-order valence-electron chi connectivity index (χ2n) is 5.68. The summed E-state index contributed by atoms with van der Waals surface area (Å²) in [5.74, 6) is 0.645. The number of rotatable bonds is 5. The van der Waals surface area contributed by atoms with E-state index >= 15 is 0 Å². The van der Waals surface area contributed by atoms with Gasteiger partial charge in [0.1, 0.15) is 16.9 Å². The van der Waals surface area contributed by atoms with Crippen LogP contribution < -0.4 is 16.0 Å². The molecule has 0 radical (unpaired) electrons. The van der Waals surface area contributed by atoms with Crippen molar-refractivity contribution in [2.24, 2.45) is 0 Å². The van der Waals surface area contributed by atoms with Crippen LogP contribution in [0.15, 0.2) is 18.3 Å². The lowest BCUT2D eigenvalue weighted by atomic mass is 10.0. The number of carbonyl (C=O) groups excluding carboxylic acids is 1. The van der Waals surface area contributed by atoms with E-state index in [1.54, 1.807) is 19.4 Å². The summed E-state index contributed by atoms with van der Waals surface area (Å²) in [7, 11) is 1.59. The van der Waals surface area contributed by atoms with Crippen molar-refractivity contribution in [3.8, 4) is 6.07 Å². The summed E-state index contributed by atoms with van der Waals surface area (Å²) in [6.07, 6.45) is 2.35. The molecular weight excluding hydrogens is 338 g/mol. The normalized spacial score (nSPS) is 13.2. The van der Waals surface area contributed by atoms with Gasteiger partial charge in [-0.3, -0.25) is 4.79 Å². The zero-order chi connectivity index (χ0) is 17.8. The van der Waals surface area contributed by atoms with Crippen LogP contribution in [0.25, 0.3) is 0 Å². The second-order valence-corrected chi connectivity index (χ2v) is 6.82. The number of nitrogens with two attached hydrogens (primary N) is 1. The average Bonchev–Trinajstić information content (AvgIpc) is 2.96. The van der Waals surface area contributed by atoms with Crippen LogP contribution in [0.2, 0.25) is 0 Å². The summed E-state index contributed by atoms with van der Waals surface area (Å²) in [5.41, 5.74) is 8.13. The van der Waals surface area contributed by atoms with Gasteiger partial charge < -0.3 is 20.7 Å². The molecule has 0 aliphatic carbocycles. The van der Waals surface area contributed by atoms with Gasteiger partial charge in [-0.25, -0.2) is 4.98 Å². The van der Waals surface area contributed by atoms with Crippen LogP contribution >= 0.6 is 11.3 Å². The number of amides is 1. The molecule has 1 amide bonds. The maximum Gasteiger partial charge on any atom is 0.252 e. The van der Waals surface area contributed by atoms with Crippen molar-refractivity contribution in [2.75, 3.05) is 37.4 Å². The number of fused-ring (bicyclic) bond motifs is 1. The van der Waals surface area contributed by atoms with Gasteiger partial charge in [0.2, 0.25) is 0 Å². The number of methoxy groups -OCH3 is 1. The average molecular weight is 357 g/mol. The van der Waals surface area contributed by atoms with Gasteiger partial charge in [-0.15, -0.1) is 11.3 Å². The molecular formula is C17H19N5O2S. The molecule has 0 atom stereocenters. The molecule has 0 saturated heterocycles. The van der Waals surface area contributed by atoms with E-state index in [0.717, 1.165) is 29.2 Å². The number of nitrogens with one attached hydrogen (secondary N) is 1. The Morgan fingerprint density at radius 2 is 2.40 bits per heavy atom. The zero-order valence-corrected chi connectivity index (χ0v) is 14.7. The van der Waals surface area contributed by atoms with Gasteiger partial charge in [-0.05, 0) is 24.1 Å². The fourth-order valence-corrected chi connectivity index (χ4v) is 3.90. The molecule has 8 heteroatoms. The molecule has 25 heavy (non-hydrogen) atoms. The maximum absolute atomic E-state index is 12.0. The number of ether oxygens (including phenoxy) is 1. The Kier molecular flexibility index (Phi) is 5.16. The number of nitrogen functional groups attached to an aromatic ring is 1. The third-order valence-corrected chi connectivity index (χ3v) is 5.17. The Balaban J connectivity index is 1.69. The number of hydrogen-bond acceptors (Lipinski definition) is 7. The second kappa shape index (κ2) is 7.51. The summed E-state index contributed by atoms with van der Waals surface area (Å²) in [4.78, 5) is 19.6. The number of anilines is 2. The maximum atomic E-state index is 12.0. The number of pyridine rings is 1. The van der Waals surface area contributed by atoms with Crippen molar-refractivity contribution in [2.45, 2.75) is 13.0 Å². The van der Waals surface area contributed by atoms with Crippen molar-refractivity contribution in [3.05, 3.63) is 39.9 Å². The highest BCUT2D eigenvalue weighted by molar-refractivity contribution is 7.16. The number of nitriles is 1. The van der Waals surface area contributed by atoms with Crippen LogP contribution in [0.5, 0.6) is 0 Å². The molecule has 3 heterocycles. The molecule has 0 spiro atoms. The lowest BCUT2D eigenvalue weighted by molar-refractivity contribution is 0.0937. The first-order chi connectivity index (χ1) is 12.1. The van der Waals surface area contributed by atoms with E-state index in [0.29, 0.717) is 35.8 Å². The Morgan fingerprint density at radius 3 is 3.08 bits per heavy atom. The van der Waals surface area contributed by atoms with E-state index in [9.17, 15) is 10.1 Å². The third kappa shape index (κ3) is 3.57. The minimum absolute atomic E-state index is 0.165. The number of aromatic nitrogens is 1. The minimum Gasteiger partial charge on any atom is -0.389 e. The van der Waals surface area contributed by atoms with Crippen LogP contribution in [0.3, 0.4) is 0 Å².